The first-order chi connectivity index (χ1) is 6.58. The van der Waals surface area contributed by atoms with Gasteiger partial charge in [-0.3, -0.25) is 0 Å². The number of anilines is 1. The number of hydrogen-bond acceptors (Lipinski definition) is 2. The molecule has 2 rings (SSSR count). The van der Waals surface area contributed by atoms with Gasteiger partial charge in [0.1, 0.15) is 5.82 Å². The summed E-state index contributed by atoms with van der Waals surface area (Å²) in [6.45, 7) is 0. The van der Waals surface area contributed by atoms with Crippen molar-refractivity contribution in [1.82, 2.24) is 9.78 Å². The summed E-state index contributed by atoms with van der Waals surface area (Å²) >= 11 is 0. The minimum absolute atomic E-state index is 0.00925. The van der Waals surface area contributed by atoms with Crippen LogP contribution < -0.4 is 5.73 Å². The van der Waals surface area contributed by atoms with Crippen molar-refractivity contribution in [3.8, 4) is 0 Å². The van der Waals surface area contributed by atoms with Crippen LogP contribution >= 0.6 is 0 Å². The van der Waals surface area contributed by atoms with E-state index < -0.39 is 5.92 Å². The summed E-state index contributed by atoms with van der Waals surface area (Å²) in [5.74, 6) is -2.09. The molecule has 1 heterocycles. The first-order valence-electron chi connectivity index (χ1n) is 4.75. The molecule has 1 fully saturated rings. The maximum atomic E-state index is 13.1. The predicted molar refractivity (Wildman–Crippen MR) is 49.1 cm³/mol. The number of nitrogens with two attached hydrogens (primary N) is 1. The van der Waals surface area contributed by atoms with Crippen molar-refractivity contribution in [2.24, 2.45) is 0 Å². The van der Waals surface area contributed by atoms with Gasteiger partial charge in [0.05, 0.1) is 12.2 Å². The number of aromatic nitrogens is 2. The van der Waals surface area contributed by atoms with Gasteiger partial charge in [-0.1, -0.05) is 0 Å². The van der Waals surface area contributed by atoms with Crippen LogP contribution in [0.4, 0.5) is 14.6 Å². The first-order valence-corrected chi connectivity index (χ1v) is 4.75. The third-order valence-corrected chi connectivity index (χ3v) is 2.66. The van der Waals surface area contributed by atoms with Crippen LogP contribution in [0.3, 0.4) is 0 Å². The zero-order valence-corrected chi connectivity index (χ0v) is 7.79. The molecule has 5 heteroatoms. The lowest BCUT2D eigenvalue weighted by atomic mass is 9.92. The highest BCUT2D eigenvalue weighted by Crippen LogP contribution is 2.39. The van der Waals surface area contributed by atoms with Crippen LogP contribution in [0, 0.1) is 0 Å². The Morgan fingerprint density at radius 2 is 2.36 bits per heavy atom. The van der Waals surface area contributed by atoms with Crippen molar-refractivity contribution in [3.05, 3.63) is 12.3 Å². The van der Waals surface area contributed by atoms with E-state index in [1.165, 1.54) is 4.68 Å². The van der Waals surface area contributed by atoms with E-state index in [0.29, 0.717) is 12.2 Å². The van der Waals surface area contributed by atoms with Crippen molar-refractivity contribution in [1.29, 1.82) is 0 Å². The van der Waals surface area contributed by atoms with E-state index in [1.807, 2.05) is 0 Å². The number of hydrogen-bond donors (Lipinski definition) is 1. The monoisotopic (exact) mass is 201 g/mol. The summed E-state index contributed by atoms with van der Waals surface area (Å²) < 4.78 is 27.7. The molecule has 1 saturated carbocycles. The van der Waals surface area contributed by atoms with Crippen LogP contribution in [0.5, 0.6) is 0 Å². The SMILES string of the molecule is Nc1ccnn1C1CCCC(F)(F)C1. The van der Waals surface area contributed by atoms with Crippen molar-refractivity contribution in [3.63, 3.8) is 0 Å². The van der Waals surface area contributed by atoms with E-state index in [9.17, 15) is 8.78 Å². The first kappa shape index (κ1) is 9.43. The number of nitrogens with zero attached hydrogens (tertiary/aromatic N) is 2. The molecule has 1 aromatic rings. The van der Waals surface area contributed by atoms with Crippen LogP contribution in [0.25, 0.3) is 0 Å². The third-order valence-electron chi connectivity index (χ3n) is 2.66. The van der Waals surface area contributed by atoms with E-state index >= 15 is 0 Å². The van der Waals surface area contributed by atoms with Crippen LogP contribution in [0.15, 0.2) is 12.3 Å². The van der Waals surface area contributed by atoms with Gasteiger partial charge in [-0.15, -0.1) is 0 Å². The van der Waals surface area contributed by atoms with Crippen LogP contribution in [-0.2, 0) is 0 Å². The Hall–Kier alpha value is -1.13. The van der Waals surface area contributed by atoms with Gasteiger partial charge >= 0.3 is 0 Å². The second-order valence-corrected chi connectivity index (χ2v) is 3.81. The normalized spacial score (nSPS) is 26.3. The quantitative estimate of drug-likeness (QED) is 0.757. The lowest BCUT2D eigenvalue weighted by molar-refractivity contribution is -0.0508. The lowest BCUT2D eigenvalue weighted by Gasteiger charge is -2.29. The molecular weight excluding hydrogens is 188 g/mol. The summed E-state index contributed by atoms with van der Waals surface area (Å²) in [6.07, 6.45) is 2.67. The molecule has 1 unspecified atom stereocenters. The summed E-state index contributed by atoms with van der Waals surface area (Å²) in [7, 11) is 0. The molecule has 78 valence electrons. The fourth-order valence-corrected chi connectivity index (χ4v) is 1.98. The Morgan fingerprint density at radius 3 is 2.93 bits per heavy atom. The average Bonchev–Trinajstić information content (AvgIpc) is 2.49. The van der Waals surface area contributed by atoms with Gasteiger partial charge in [0.15, 0.2) is 0 Å². The molecule has 0 aromatic carbocycles. The molecule has 1 atom stereocenters. The second-order valence-electron chi connectivity index (χ2n) is 3.81. The highest BCUT2D eigenvalue weighted by atomic mass is 19.3. The fourth-order valence-electron chi connectivity index (χ4n) is 1.98. The molecule has 0 saturated heterocycles. The Kier molecular flexibility index (Phi) is 2.17. The molecule has 0 spiro atoms. The predicted octanol–water partition coefficient (Wildman–Crippen LogP) is 2.22. The third kappa shape index (κ3) is 1.71. The maximum absolute atomic E-state index is 13.1. The summed E-state index contributed by atoms with van der Waals surface area (Å²) in [4.78, 5) is 0. The molecule has 1 aromatic heterocycles. The second kappa shape index (κ2) is 3.22. The van der Waals surface area contributed by atoms with Gasteiger partial charge in [-0.05, 0) is 18.9 Å². The topological polar surface area (TPSA) is 43.8 Å². The molecule has 0 amide bonds. The summed E-state index contributed by atoms with van der Waals surface area (Å²) in [5.41, 5.74) is 5.62. The molecule has 2 N–H and O–H groups in total. The summed E-state index contributed by atoms with van der Waals surface area (Å²) in [6, 6.07) is 1.39. The summed E-state index contributed by atoms with van der Waals surface area (Å²) in [5, 5.41) is 3.96. The average molecular weight is 201 g/mol. The maximum Gasteiger partial charge on any atom is 0.250 e. The molecule has 3 nitrogen and oxygen atoms in total. The lowest BCUT2D eigenvalue weighted by Crippen LogP contribution is -2.28. The van der Waals surface area contributed by atoms with Crippen LogP contribution in [0.2, 0.25) is 0 Å². The standard InChI is InChI=1S/C9H13F2N3/c10-9(11)4-1-2-7(6-9)14-8(12)3-5-13-14/h3,5,7H,1-2,4,6,12H2. The van der Waals surface area contributed by atoms with Crippen molar-refractivity contribution >= 4 is 5.82 Å². The number of alkyl halides is 2. The number of rotatable bonds is 1. The zero-order chi connectivity index (χ0) is 10.2. The highest BCUT2D eigenvalue weighted by molar-refractivity contribution is 5.26. The van der Waals surface area contributed by atoms with Gasteiger partial charge < -0.3 is 5.73 Å². The van der Waals surface area contributed by atoms with E-state index in [4.69, 9.17) is 5.73 Å². The Labute approximate surface area is 80.9 Å². The van der Waals surface area contributed by atoms with Crippen molar-refractivity contribution < 1.29 is 8.78 Å². The Bertz CT molecular complexity index is 322. The van der Waals surface area contributed by atoms with E-state index in [0.717, 1.165) is 6.42 Å². The van der Waals surface area contributed by atoms with Crippen molar-refractivity contribution in [2.75, 3.05) is 5.73 Å². The van der Waals surface area contributed by atoms with Gasteiger partial charge in [0, 0.05) is 12.8 Å². The van der Waals surface area contributed by atoms with Gasteiger partial charge in [0.2, 0.25) is 5.92 Å². The Balaban J connectivity index is 2.16. The van der Waals surface area contributed by atoms with Crippen LogP contribution in [0.1, 0.15) is 31.7 Å². The van der Waals surface area contributed by atoms with Crippen molar-refractivity contribution in [2.45, 2.75) is 37.6 Å². The fraction of sp³-hybridized carbons (Fsp3) is 0.667. The molecule has 1 aliphatic carbocycles. The molecule has 0 aliphatic heterocycles. The van der Waals surface area contributed by atoms with Gasteiger partial charge in [-0.2, -0.15) is 5.10 Å². The van der Waals surface area contributed by atoms with E-state index in [2.05, 4.69) is 5.10 Å². The van der Waals surface area contributed by atoms with Gasteiger partial charge in [-0.25, -0.2) is 13.5 Å². The van der Waals surface area contributed by atoms with E-state index in [-0.39, 0.29) is 18.9 Å². The number of nitrogen functional groups attached to an aromatic ring is 1. The van der Waals surface area contributed by atoms with E-state index in [1.54, 1.807) is 12.3 Å². The van der Waals surface area contributed by atoms with Gasteiger partial charge in [0.25, 0.3) is 0 Å². The molecule has 14 heavy (non-hydrogen) atoms. The highest BCUT2D eigenvalue weighted by Gasteiger charge is 2.37. The molecule has 1 aliphatic rings. The minimum Gasteiger partial charge on any atom is -0.384 e. The molecular formula is C9H13F2N3. The molecule has 0 radical (unpaired) electrons. The Morgan fingerprint density at radius 1 is 1.57 bits per heavy atom. The van der Waals surface area contributed by atoms with Crippen LogP contribution in [-0.4, -0.2) is 15.7 Å². The smallest absolute Gasteiger partial charge is 0.250 e. The largest absolute Gasteiger partial charge is 0.384 e. The molecule has 0 bridgehead atoms. The zero-order valence-electron chi connectivity index (χ0n) is 7.79. The number of halogens is 2. The minimum atomic E-state index is -2.55.